The van der Waals surface area contributed by atoms with Crippen LogP contribution in [0.5, 0.6) is 0 Å². The number of aromatic nitrogens is 1. The van der Waals surface area contributed by atoms with Gasteiger partial charge in [0.15, 0.2) is 5.78 Å². The molecule has 4 rings (SSSR count). The van der Waals surface area contributed by atoms with Gasteiger partial charge in [0.2, 0.25) is 15.9 Å². The smallest absolute Gasteiger partial charge is 0.261 e. The SMILES string of the molecule is CCCC(NC(=O)c1cccs1)C(=O)N1CCC2C1C(=O)CN2S(=O)(=O)Cc1ccccn1. The van der Waals surface area contributed by atoms with E-state index in [1.807, 2.05) is 6.92 Å². The third-order valence-corrected chi connectivity index (χ3v) is 8.64. The number of carbonyl (C=O) groups excluding carboxylic acids is 3. The highest BCUT2D eigenvalue weighted by molar-refractivity contribution is 7.88. The Morgan fingerprint density at radius 1 is 1.27 bits per heavy atom. The maximum atomic E-state index is 13.4. The van der Waals surface area contributed by atoms with Gasteiger partial charge in [-0.3, -0.25) is 19.4 Å². The van der Waals surface area contributed by atoms with Gasteiger partial charge in [0.1, 0.15) is 17.8 Å². The third-order valence-electron chi connectivity index (χ3n) is 6.00. The number of hydrogen-bond acceptors (Lipinski definition) is 7. The molecule has 176 valence electrons. The van der Waals surface area contributed by atoms with Crippen molar-refractivity contribution < 1.29 is 22.8 Å². The van der Waals surface area contributed by atoms with E-state index in [-0.39, 0.29) is 36.4 Å². The topological polar surface area (TPSA) is 117 Å². The van der Waals surface area contributed by atoms with Crippen LogP contribution in [0.3, 0.4) is 0 Å². The molecule has 0 aliphatic carbocycles. The molecule has 2 aliphatic rings. The van der Waals surface area contributed by atoms with Gasteiger partial charge < -0.3 is 10.2 Å². The summed E-state index contributed by atoms with van der Waals surface area (Å²) in [5, 5.41) is 4.58. The first-order valence-corrected chi connectivity index (χ1v) is 13.4. The van der Waals surface area contributed by atoms with E-state index in [9.17, 15) is 22.8 Å². The zero-order valence-corrected chi connectivity index (χ0v) is 19.8. The van der Waals surface area contributed by atoms with E-state index in [0.29, 0.717) is 29.8 Å². The molecule has 4 heterocycles. The number of sulfonamides is 1. The summed E-state index contributed by atoms with van der Waals surface area (Å²) in [5.41, 5.74) is 0.402. The second kappa shape index (κ2) is 9.70. The monoisotopic (exact) mass is 490 g/mol. The zero-order valence-electron chi connectivity index (χ0n) is 18.2. The highest BCUT2D eigenvalue weighted by Crippen LogP contribution is 2.33. The molecule has 2 aliphatic heterocycles. The van der Waals surface area contributed by atoms with E-state index in [4.69, 9.17) is 0 Å². The fraction of sp³-hybridized carbons (Fsp3) is 0.455. The Morgan fingerprint density at radius 3 is 2.76 bits per heavy atom. The summed E-state index contributed by atoms with van der Waals surface area (Å²) in [6, 6.07) is 6.31. The summed E-state index contributed by atoms with van der Waals surface area (Å²) in [7, 11) is -3.78. The number of nitrogens with one attached hydrogen (secondary N) is 1. The highest BCUT2D eigenvalue weighted by Gasteiger charge is 2.54. The number of thiophene rings is 1. The van der Waals surface area contributed by atoms with Gasteiger partial charge in [0, 0.05) is 12.7 Å². The lowest BCUT2D eigenvalue weighted by Gasteiger charge is -2.28. The van der Waals surface area contributed by atoms with Gasteiger partial charge in [-0.15, -0.1) is 11.3 Å². The molecule has 0 saturated carbocycles. The zero-order chi connectivity index (χ0) is 23.6. The van der Waals surface area contributed by atoms with Crippen molar-refractivity contribution in [3.8, 4) is 0 Å². The molecule has 0 aromatic carbocycles. The Labute approximate surface area is 196 Å². The van der Waals surface area contributed by atoms with Crippen LogP contribution >= 0.6 is 11.3 Å². The Hall–Kier alpha value is -2.63. The molecule has 0 radical (unpaired) electrons. The third kappa shape index (κ3) is 4.85. The van der Waals surface area contributed by atoms with Crippen molar-refractivity contribution in [1.29, 1.82) is 0 Å². The molecule has 3 unspecified atom stereocenters. The van der Waals surface area contributed by atoms with Crippen LogP contribution in [0.15, 0.2) is 41.9 Å². The van der Waals surface area contributed by atoms with Crippen LogP contribution in [0.1, 0.15) is 41.6 Å². The van der Waals surface area contributed by atoms with Crippen molar-refractivity contribution in [2.45, 2.75) is 50.1 Å². The molecule has 2 aromatic heterocycles. The van der Waals surface area contributed by atoms with Crippen molar-refractivity contribution in [3.05, 3.63) is 52.5 Å². The lowest BCUT2D eigenvalue weighted by Crippen LogP contribution is -2.52. The fourth-order valence-corrected chi connectivity index (χ4v) is 6.81. The average Bonchev–Trinajstić information content (AvgIpc) is 3.52. The van der Waals surface area contributed by atoms with Crippen LogP contribution in [-0.4, -0.2) is 71.4 Å². The first kappa shape index (κ1) is 23.5. The van der Waals surface area contributed by atoms with Crippen molar-refractivity contribution in [3.63, 3.8) is 0 Å². The second-order valence-electron chi connectivity index (χ2n) is 8.21. The summed E-state index contributed by atoms with van der Waals surface area (Å²) >= 11 is 1.29. The van der Waals surface area contributed by atoms with Crippen LogP contribution in [-0.2, 0) is 25.4 Å². The normalized spacial score (nSPS) is 21.7. The van der Waals surface area contributed by atoms with Gasteiger partial charge in [0.05, 0.1) is 23.2 Å². The minimum Gasteiger partial charge on any atom is -0.340 e. The predicted octanol–water partition coefficient (Wildman–Crippen LogP) is 1.43. The number of ketones is 1. The number of likely N-dealkylation sites (tertiary alicyclic amines) is 1. The molecular formula is C22H26N4O5S2. The molecule has 2 fully saturated rings. The molecule has 11 heteroatoms. The van der Waals surface area contributed by atoms with Crippen molar-refractivity contribution >= 4 is 39.0 Å². The molecule has 2 amide bonds. The van der Waals surface area contributed by atoms with Crippen molar-refractivity contribution in [1.82, 2.24) is 19.5 Å². The number of fused-ring (bicyclic) bond motifs is 1. The molecule has 0 spiro atoms. The number of carbonyl (C=O) groups is 3. The first-order chi connectivity index (χ1) is 15.8. The van der Waals surface area contributed by atoms with Crippen LogP contribution in [0.25, 0.3) is 0 Å². The standard InChI is InChI=1S/C22H26N4O5S2/c1-2-6-16(24-21(28)19-8-5-12-32-19)22(29)25-11-9-17-20(25)18(27)13-26(17)33(30,31)14-15-7-3-4-10-23-15/h3-5,7-8,10,12,16-17,20H,2,6,9,11,13-14H2,1H3,(H,24,28). The van der Waals surface area contributed by atoms with E-state index in [1.165, 1.54) is 26.7 Å². The molecule has 3 atom stereocenters. The van der Waals surface area contributed by atoms with Gasteiger partial charge in [0.25, 0.3) is 5.91 Å². The number of nitrogens with zero attached hydrogens (tertiary/aromatic N) is 3. The Balaban J connectivity index is 1.49. The van der Waals surface area contributed by atoms with Gasteiger partial charge in [-0.2, -0.15) is 4.31 Å². The van der Waals surface area contributed by atoms with E-state index in [2.05, 4.69) is 10.3 Å². The molecule has 2 aromatic rings. The van der Waals surface area contributed by atoms with E-state index in [1.54, 1.807) is 35.7 Å². The van der Waals surface area contributed by atoms with Crippen molar-refractivity contribution in [2.24, 2.45) is 0 Å². The lowest BCUT2D eigenvalue weighted by molar-refractivity contribution is -0.138. The number of rotatable bonds is 8. The van der Waals surface area contributed by atoms with Crippen LogP contribution in [0, 0.1) is 0 Å². The molecule has 33 heavy (non-hydrogen) atoms. The number of amides is 2. The van der Waals surface area contributed by atoms with Crippen LogP contribution in [0.2, 0.25) is 0 Å². The summed E-state index contributed by atoms with van der Waals surface area (Å²) < 4.78 is 27.3. The summed E-state index contributed by atoms with van der Waals surface area (Å²) in [6.45, 7) is 1.93. The largest absolute Gasteiger partial charge is 0.340 e. The maximum absolute atomic E-state index is 13.4. The second-order valence-corrected chi connectivity index (χ2v) is 11.1. The fourth-order valence-electron chi connectivity index (χ4n) is 4.52. The predicted molar refractivity (Wildman–Crippen MR) is 123 cm³/mol. The van der Waals surface area contributed by atoms with Crippen LogP contribution in [0.4, 0.5) is 0 Å². The quantitative estimate of drug-likeness (QED) is 0.598. The summed E-state index contributed by atoms with van der Waals surface area (Å²) in [5.74, 6) is -1.26. The van der Waals surface area contributed by atoms with Gasteiger partial charge in [-0.05, 0) is 36.4 Å². The van der Waals surface area contributed by atoms with Gasteiger partial charge in [-0.25, -0.2) is 8.42 Å². The minimum atomic E-state index is -3.78. The minimum absolute atomic E-state index is 0.256. The Kier molecular flexibility index (Phi) is 6.91. The molecule has 0 bridgehead atoms. The van der Waals surface area contributed by atoms with Gasteiger partial charge in [-0.1, -0.05) is 25.5 Å². The van der Waals surface area contributed by atoms with E-state index >= 15 is 0 Å². The van der Waals surface area contributed by atoms with E-state index in [0.717, 1.165) is 0 Å². The Bertz CT molecular complexity index is 1120. The molecule has 1 N–H and O–H groups in total. The first-order valence-electron chi connectivity index (χ1n) is 10.9. The number of pyridine rings is 1. The molecule has 9 nitrogen and oxygen atoms in total. The number of Topliss-reactive ketones (excluding diaryl/α,β-unsaturated/α-hetero) is 1. The summed E-state index contributed by atoms with van der Waals surface area (Å²) in [4.78, 5) is 44.8. The van der Waals surface area contributed by atoms with E-state index < -0.39 is 28.1 Å². The molecule has 2 saturated heterocycles. The highest BCUT2D eigenvalue weighted by atomic mass is 32.2. The lowest BCUT2D eigenvalue weighted by atomic mass is 10.1. The Morgan fingerprint density at radius 2 is 2.09 bits per heavy atom. The average molecular weight is 491 g/mol. The summed E-state index contributed by atoms with van der Waals surface area (Å²) in [6.07, 6.45) is 3.00. The van der Waals surface area contributed by atoms with Crippen molar-refractivity contribution in [2.75, 3.05) is 13.1 Å². The van der Waals surface area contributed by atoms with Crippen LogP contribution < -0.4 is 5.32 Å². The van der Waals surface area contributed by atoms with Gasteiger partial charge >= 0.3 is 0 Å². The maximum Gasteiger partial charge on any atom is 0.261 e. The number of hydrogen-bond donors (Lipinski definition) is 1. The molecular weight excluding hydrogens is 464 g/mol.